The van der Waals surface area contributed by atoms with E-state index in [1.807, 2.05) is 43.3 Å². The zero-order valence-corrected chi connectivity index (χ0v) is 26.1. The van der Waals surface area contributed by atoms with E-state index in [0.29, 0.717) is 4.43 Å². The number of sulfonamides is 1. The minimum atomic E-state index is -3.91. The first-order valence-electron chi connectivity index (χ1n) is 12.3. The number of carbonyl (C=O) groups is 1. The van der Waals surface area contributed by atoms with Crippen molar-refractivity contribution in [2.75, 3.05) is 17.6 Å². The Labute approximate surface area is 236 Å². The van der Waals surface area contributed by atoms with Crippen molar-refractivity contribution in [3.8, 4) is 0 Å². The zero-order chi connectivity index (χ0) is 27.3. The number of rotatable bonds is 11. The molecule has 0 heterocycles. The van der Waals surface area contributed by atoms with Crippen LogP contribution in [0.25, 0.3) is 0 Å². The van der Waals surface area contributed by atoms with E-state index in [1.54, 1.807) is 24.3 Å². The van der Waals surface area contributed by atoms with E-state index in [9.17, 15) is 13.2 Å². The molecule has 0 saturated carbocycles. The quantitative estimate of drug-likeness (QED) is 0.168. The van der Waals surface area contributed by atoms with Crippen LogP contribution in [0.3, 0.4) is 0 Å². The molecule has 0 aromatic heterocycles. The molecule has 0 unspecified atom stereocenters. The van der Waals surface area contributed by atoms with Crippen molar-refractivity contribution < 1.29 is 17.6 Å². The third-order valence-corrected chi connectivity index (χ3v) is 14.0. The van der Waals surface area contributed by atoms with E-state index in [4.69, 9.17) is 4.43 Å². The molecule has 5 nitrogen and oxygen atoms in total. The van der Waals surface area contributed by atoms with Gasteiger partial charge in [-0.15, -0.1) is 0 Å². The fraction of sp³-hybridized carbons (Fsp3) is 0.345. The molecule has 1 atom stereocenters. The van der Waals surface area contributed by atoms with Crippen LogP contribution < -0.4 is 10.4 Å². The monoisotopic (exact) mass is 649 g/mol. The van der Waals surface area contributed by atoms with Crippen LogP contribution in [-0.4, -0.2) is 50.4 Å². The van der Waals surface area contributed by atoms with Crippen molar-refractivity contribution in [1.29, 1.82) is 0 Å². The highest BCUT2D eigenvalue weighted by Gasteiger charge is 2.51. The van der Waals surface area contributed by atoms with Gasteiger partial charge in [-0.25, -0.2) is 8.42 Å². The number of Topliss-reactive ketones (excluding diaryl/α,β-unsaturated/α-hetero) is 1. The smallest absolute Gasteiger partial charge is 0.261 e. The summed E-state index contributed by atoms with van der Waals surface area (Å²) in [5, 5.41) is 1.87. The van der Waals surface area contributed by atoms with E-state index in [1.165, 1.54) is 11.2 Å². The Morgan fingerprint density at radius 2 is 1.41 bits per heavy atom. The number of ketones is 1. The molecule has 8 heteroatoms. The van der Waals surface area contributed by atoms with E-state index in [2.05, 4.69) is 67.6 Å². The van der Waals surface area contributed by atoms with Crippen LogP contribution in [0.4, 0.5) is 0 Å². The number of benzene rings is 3. The summed E-state index contributed by atoms with van der Waals surface area (Å²) in [5.41, 5.74) is 0.970. The predicted molar refractivity (Wildman–Crippen MR) is 162 cm³/mol. The molecule has 3 aromatic rings. The average Bonchev–Trinajstić information content (AvgIpc) is 2.86. The zero-order valence-electron chi connectivity index (χ0n) is 22.1. The van der Waals surface area contributed by atoms with Crippen LogP contribution in [0.15, 0.2) is 89.8 Å². The van der Waals surface area contributed by atoms with Crippen LogP contribution in [0.5, 0.6) is 0 Å². The maximum atomic E-state index is 13.8. The average molecular weight is 650 g/mol. The topological polar surface area (TPSA) is 63.7 Å². The number of hydrogen-bond donors (Lipinski definition) is 0. The van der Waals surface area contributed by atoms with Gasteiger partial charge in [0.05, 0.1) is 11.5 Å². The Morgan fingerprint density at radius 1 is 0.919 bits per heavy atom. The van der Waals surface area contributed by atoms with E-state index in [0.717, 1.165) is 15.9 Å². The van der Waals surface area contributed by atoms with Crippen molar-refractivity contribution in [3.05, 3.63) is 90.5 Å². The fourth-order valence-electron chi connectivity index (χ4n) is 4.74. The maximum Gasteiger partial charge on any atom is 0.261 e. The minimum Gasteiger partial charge on any atom is -0.405 e. The Hall–Kier alpha value is -1.85. The molecule has 3 rings (SSSR count). The predicted octanol–water partition coefficient (Wildman–Crippen LogP) is 4.95. The lowest BCUT2D eigenvalue weighted by atomic mass is 10.2. The molecule has 37 heavy (non-hydrogen) atoms. The molecule has 0 aliphatic carbocycles. The molecule has 0 fully saturated rings. The van der Waals surface area contributed by atoms with Crippen molar-refractivity contribution in [2.24, 2.45) is 0 Å². The fourth-order valence-corrected chi connectivity index (χ4v) is 11.8. The number of aryl methyl sites for hydroxylation is 1. The summed E-state index contributed by atoms with van der Waals surface area (Å²) >= 11 is 2.15. The lowest BCUT2D eigenvalue weighted by Gasteiger charge is -2.44. The maximum absolute atomic E-state index is 13.8. The lowest BCUT2D eigenvalue weighted by Crippen LogP contribution is -2.67. The molecule has 3 aromatic carbocycles. The van der Waals surface area contributed by atoms with Gasteiger partial charge in [0.1, 0.15) is 11.8 Å². The van der Waals surface area contributed by atoms with E-state index < -0.39 is 24.4 Å². The molecule has 198 valence electrons. The number of carbonyl (C=O) groups excluding carboxylic acids is 1. The van der Waals surface area contributed by atoms with Crippen molar-refractivity contribution in [1.82, 2.24) is 4.31 Å². The van der Waals surface area contributed by atoms with E-state index in [-0.39, 0.29) is 28.9 Å². The summed E-state index contributed by atoms with van der Waals surface area (Å²) in [5.74, 6) is -0.238. The van der Waals surface area contributed by atoms with Crippen LogP contribution in [0.1, 0.15) is 33.3 Å². The number of halogens is 1. The molecule has 0 radical (unpaired) electrons. The number of nitrogens with zero attached hydrogens (tertiary/aromatic N) is 1. The summed E-state index contributed by atoms with van der Waals surface area (Å²) in [6, 6.07) is 26.1. The largest absolute Gasteiger partial charge is 0.405 e. The van der Waals surface area contributed by atoms with Gasteiger partial charge in [0, 0.05) is 11.0 Å². The summed E-state index contributed by atoms with van der Waals surface area (Å²) in [6.45, 7) is 10.0. The second-order valence-electron chi connectivity index (χ2n) is 10.2. The van der Waals surface area contributed by atoms with Crippen molar-refractivity contribution in [3.63, 3.8) is 0 Å². The van der Waals surface area contributed by atoms with Gasteiger partial charge in [-0.3, -0.25) is 4.79 Å². The Morgan fingerprint density at radius 3 is 1.81 bits per heavy atom. The van der Waals surface area contributed by atoms with Gasteiger partial charge in [0.2, 0.25) is 10.0 Å². The second kappa shape index (κ2) is 12.3. The van der Waals surface area contributed by atoms with Gasteiger partial charge in [-0.05, 0) is 41.4 Å². The van der Waals surface area contributed by atoms with Gasteiger partial charge in [-0.2, -0.15) is 4.31 Å². The Kier molecular flexibility index (Phi) is 9.90. The SMILES string of the molecule is CC(=O)[C@@H](CO[Si](c1ccccc1)(c1ccccc1)C(C)(C)C)N(CCI)S(=O)(=O)c1ccc(C)cc1. The highest BCUT2D eigenvalue weighted by Crippen LogP contribution is 2.37. The van der Waals surface area contributed by atoms with Crippen LogP contribution >= 0.6 is 22.6 Å². The summed E-state index contributed by atoms with van der Waals surface area (Å²) in [7, 11) is -6.86. The highest BCUT2D eigenvalue weighted by molar-refractivity contribution is 14.1. The standard InChI is InChI=1S/C29H36INO4SSi/c1-23-16-18-25(19-17-23)36(33,34)31(21-20-30)28(24(2)32)22-35-37(29(3,4)5,26-12-8-6-9-13-26)27-14-10-7-11-15-27/h6-19,28H,20-22H2,1-5H3/t28-/m1/s1. The molecule has 0 aliphatic heterocycles. The Balaban J connectivity index is 2.11. The number of alkyl halides is 1. The third kappa shape index (κ3) is 6.42. The summed E-state index contributed by atoms with van der Waals surface area (Å²) in [6.07, 6.45) is 0. The normalized spacial score (nSPS) is 13.5. The highest BCUT2D eigenvalue weighted by atomic mass is 127. The van der Waals surface area contributed by atoms with Crippen molar-refractivity contribution in [2.45, 2.75) is 50.6 Å². The first-order chi connectivity index (χ1) is 17.4. The molecule has 0 bridgehead atoms. The molecule has 0 amide bonds. The van der Waals surface area contributed by atoms with Crippen LogP contribution in [0.2, 0.25) is 5.04 Å². The first-order valence-corrected chi connectivity index (χ1v) is 17.2. The third-order valence-electron chi connectivity index (χ3n) is 6.62. The lowest BCUT2D eigenvalue weighted by molar-refractivity contribution is -0.121. The van der Waals surface area contributed by atoms with Gasteiger partial charge in [0.15, 0.2) is 0 Å². The first kappa shape index (κ1) is 29.7. The molecule has 0 spiro atoms. The molecule has 0 saturated heterocycles. The Bertz CT molecular complexity index is 1240. The van der Waals surface area contributed by atoms with Gasteiger partial charge in [-0.1, -0.05) is 122 Å². The molecule has 0 aliphatic rings. The molecular weight excluding hydrogens is 613 g/mol. The van der Waals surface area contributed by atoms with Crippen molar-refractivity contribution >= 4 is 57.1 Å². The van der Waals surface area contributed by atoms with Gasteiger partial charge in [0.25, 0.3) is 8.32 Å². The second-order valence-corrected chi connectivity index (χ2v) is 17.5. The molecular formula is C29H36INO4SSi. The minimum absolute atomic E-state index is 0.0235. The molecule has 0 N–H and O–H groups in total. The van der Waals surface area contributed by atoms with Gasteiger partial charge < -0.3 is 4.43 Å². The van der Waals surface area contributed by atoms with Crippen LogP contribution in [-0.2, 0) is 19.2 Å². The summed E-state index contributed by atoms with van der Waals surface area (Å²) in [4.78, 5) is 13.2. The van der Waals surface area contributed by atoms with Crippen LogP contribution in [0, 0.1) is 6.92 Å². The van der Waals surface area contributed by atoms with E-state index >= 15 is 0 Å². The summed E-state index contributed by atoms with van der Waals surface area (Å²) < 4.78 is 36.4. The number of hydrogen-bond acceptors (Lipinski definition) is 4. The van der Waals surface area contributed by atoms with Gasteiger partial charge >= 0.3 is 0 Å².